The normalized spacial score (nSPS) is 10.0. The van der Waals surface area contributed by atoms with Crippen molar-refractivity contribution in [1.29, 1.82) is 0 Å². The van der Waals surface area contributed by atoms with Gasteiger partial charge in [0.1, 0.15) is 5.82 Å². The molecule has 1 aromatic carbocycles. The number of hydrogen-bond donors (Lipinski definition) is 1. The summed E-state index contributed by atoms with van der Waals surface area (Å²) >= 11 is 3.00. The summed E-state index contributed by atoms with van der Waals surface area (Å²) in [6, 6.07) is 1.20. The van der Waals surface area contributed by atoms with Crippen molar-refractivity contribution in [2.24, 2.45) is 0 Å². The predicted octanol–water partition coefficient (Wildman–Crippen LogP) is 2.61. The first kappa shape index (κ1) is 9.32. The Balaban J connectivity index is 3.42. The molecule has 0 bridgehead atoms. The lowest BCUT2D eigenvalue weighted by atomic mass is 10.2. The number of benzene rings is 1. The molecular weight excluding hydrogens is 227 g/mol. The Morgan fingerprint density at radius 3 is 2.67 bits per heavy atom. The fourth-order valence-corrected chi connectivity index (χ4v) is 1.31. The van der Waals surface area contributed by atoms with Gasteiger partial charge in [-0.1, -0.05) is 0 Å². The standard InChI is InChI=1S/C8H8BrFO2/c1-4-6(10)3-5(9)7(11)8(4)12-2/h3,11H,1-2H3. The third kappa shape index (κ3) is 1.39. The lowest BCUT2D eigenvalue weighted by Crippen LogP contribution is -1.91. The van der Waals surface area contributed by atoms with Crippen LogP contribution < -0.4 is 4.74 Å². The average molecular weight is 235 g/mol. The van der Waals surface area contributed by atoms with Crippen LogP contribution in [0.4, 0.5) is 4.39 Å². The molecule has 0 aliphatic heterocycles. The van der Waals surface area contributed by atoms with Crippen molar-refractivity contribution in [3.8, 4) is 11.5 Å². The molecule has 0 amide bonds. The van der Waals surface area contributed by atoms with Crippen LogP contribution in [0, 0.1) is 12.7 Å². The van der Waals surface area contributed by atoms with E-state index in [1.54, 1.807) is 6.92 Å². The van der Waals surface area contributed by atoms with Crippen molar-refractivity contribution in [3.63, 3.8) is 0 Å². The smallest absolute Gasteiger partial charge is 0.172 e. The highest BCUT2D eigenvalue weighted by atomic mass is 79.9. The summed E-state index contributed by atoms with van der Waals surface area (Å²) in [6.07, 6.45) is 0. The number of methoxy groups -OCH3 is 1. The molecule has 1 aromatic rings. The monoisotopic (exact) mass is 234 g/mol. The number of aromatic hydroxyl groups is 1. The lowest BCUT2D eigenvalue weighted by molar-refractivity contribution is 0.365. The number of halogens is 2. The molecular formula is C8H8BrFO2. The van der Waals surface area contributed by atoms with Crippen molar-refractivity contribution in [2.45, 2.75) is 6.92 Å². The van der Waals surface area contributed by atoms with E-state index >= 15 is 0 Å². The minimum absolute atomic E-state index is 0.0728. The highest BCUT2D eigenvalue weighted by molar-refractivity contribution is 9.10. The zero-order valence-corrected chi connectivity index (χ0v) is 8.27. The highest BCUT2D eigenvalue weighted by Crippen LogP contribution is 2.37. The predicted molar refractivity (Wildman–Crippen MR) is 47.1 cm³/mol. The minimum atomic E-state index is -0.406. The maximum Gasteiger partial charge on any atom is 0.172 e. The molecule has 0 heterocycles. The second-order valence-corrected chi connectivity index (χ2v) is 3.20. The summed E-state index contributed by atoms with van der Waals surface area (Å²) in [5, 5.41) is 9.36. The summed E-state index contributed by atoms with van der Waals surface area (Å²) in [5.74, 6) is -0.310. The second-order valence-electron chi connectivity index (χ2n) is 2.35. The van der Waals surface area contributed by atoms with Gasteiger partial charge in [-0.05, 0) is 28.9 Å². The van der Waals surface area contributed by atoms with Gasteiger partial charge in [0.05, 0.1) is 11.6 Å². The van der Waals surface area contributed by atoms with Crippen LogP contribution in [0.15, 0.2) is 10.5 Å². The van der Waals surface area contributed by atoms with Crippen molar-refractivity contribution >= 4 is 15.9 Å². The maximum absolute atomic E-state index is 13.0. The zero-order chi connectivity index (χ0) is 9.30. The van der Waals surface area contributed by atoms with Crippen LogP contribution in [0.25, 0.3) is 0 Å². The molecule has 0 spiro atoms. The summed E-state index contributed by atoms with van der Waals surface area (Å²) in [4.78, 5) is 0. The minimum Gasteiger partial charge on any atom is -0.503 e. The number of phenols is 1. The SMILES string of the molecule is COc1c(C)c(F)cc(Br)c1O. The Hall–Kier alpha value is -0.770. The first-order valence-electron chi connectivity index (χ1n) is 3.29. The number of rotatable bonds is 1. The summed E-state index contributed by atoms with van der Waals surface area (Å²) in [7, 11) is 1.38. The van der Waals surface area contributed by atoms with E-state index in [4.69, 9.17) is 4.74 Å². The molecule has 2 nitrogen and oxygen atoms in total. The van der Waals surface area contributed by atoms with Crippen LogP contribution in [-0.2, 0) is 0 Å². The molecule has 0 unspecified atom stereocenters. The Morgan fingerprint density at radius 1 is 1.58 bits per heavy atom. The molecule has 0 aliphatic carbocycles. The number of ether oxygens (including phenoxy) is 1. The largest absolute Gasteiger partial charge is 0.503 e. The molecule has 0 saturated carbocycles. The van der Waals surface area contributed by atoms with Crippen LogP contribution in [0.5, 0.6) is 11.5 Å². The Labute approximate surface area is 78.1 Å². The van der Waals surface area contributed by atoms with Gasteiger partial charge >= 0.3 is 0 Å². The third-order valence-corrected chi connectivity index (χ3v) is 2.20. The van der Waals surface area contributed by atoms with Gasteiger partial charge < -0.3 is 9.84 Å². The van der Waals surface area contributed by atoms with Crippen LogP contribution in [0.1, 0.15) is 5.56 Å². The van der Waals surface area contributed by atoms with Gasteiger partial charge in [0.2, 0.25) is 0 Å². The zero-order valence-electron chi connectivity index (χ0n) is 6.69. The molecule has 0 fully saturated rings. The van der Waals surface area contributed by atoms with Gasteiger partial charge in [-0.25, -0.2) is 4.39 Å². The molecule has 4 heteroatoms. The Kier molecular flexibility index (Phi) is 2.57. The third-order valence-electron chi connectivity index (χ3n) is 1.60. The van der Waals surface area contributed by atoms with Crippen molar-refractivity contribution in [3.05, 3.63) is 21.9 Å². The van der Waals surface area contributed by atoms with E-state index in [0.29, 0.717) is 10.0 Å². The lowest BCUT2D eigenvalue weighted by Gasteiger charge is -2.08. The quantitative estimate of drug-likeness (QED) is 0.810. The average Bonchev–Trinajstić information content (AvgIpc) is 2.02. The first-order valence-corrected chi connectivity index (χ1v) is 4.08. The van der Waals surface area contributed by atoms with Crippen molar-refractivity contribution in [2.75, 3.05) is 7.11 Å². The summed E-state index contributed by atoms with van der Waals surface area (Å²) < 4.78 is 18.1. The van der Waals surface area contributed by atoms with Gasteiger partial charge in [0.15, 0.2) is 11.5 Å². The van der Waals surface area contributed by atoms with E-state index in [0.717, 1.165) is 0 Å². The van der Waals surface area contributed by atoms with Crippen molar-refractivity contribution < 1.29 is 14.2 Å². The molecule has 1 N–H and O–H groups in total. The first-order chi connectivity index (χ1) is 5.57. The fraction of sp³-hybridized carbons (Fsp3) is 0.250. The fourth-order valence-electron chi connectivity index (χ4n) is 0.932. The molecule has 66 valence electrons. The van der Waals surface area contributed by atoms with Gasteiger partial charge in [-0.2, -0.15) is 0 Å². The molecule has 0 radical (unpaired) electrons. The Bertz CT molecular complexity index is 286. The highest BCUT2D eigenvalue weighted by Gasteiger charge is 2.13. The molecule has 0 saturated heterocycles. The van der Waals surface area contributed by atoms with E-state index in [1.807, 2.05) is 0 Å². The van der Waals surface area contributed by atoms with E-state index in [2.05, 4.69) is 15.9 Å². The van der Waals surface area contributed by atoms with Gasteiger partial charge in [-0.3, -0.25) is 0 Å². The molecule has 1 rings (SSSR count). The molecule has 0 aromatic heterocycles. The van der Waals surface area contributed by atoms with Crippen molar-refractivity contribution in [1.82, 2.24) is 0 Å². The van der Waals surface area contributed by atoms with Gasteiger partial charge in [0.25, 0.3) is 0 Å². The van der Waals surface area contributed by atoms with E-state index < -0.39 is 5.82 Å². The summed E-state index contributed by atoms with van der Waals surface area (Å²) in [6.45, 7) is 1.54. The Morgan fingerprint density at radius 2 is 2.17 bits per heavy atom. The van der Waals surface area contributed by atoms with E-state index in [-0.39, 0.29) is 11.5 Å². The van der Waals surface area contributed by atoms with Crippen LogP contribution in [0.2, 0.25) is 0 Å². The molecule has 0 aliphatic rings. The van der Waals surface area contributed by atoms with E-state index in [9.17, 15) is 9.50 Å². The second kappa shape index (κ2) is 3.31. The number of phenolic OH excluding ortho intramolecular Hbond substituents is 1. The summed E-state index contributed by atoms with van der Waals surface area (Å²) in [5.41, 5.74) is 0.304. The topological polar surface area (TPSA) is 29.5 Å². The van der Waals surface area contributed by atoms with Crippen LogP contribution >= 0.6 is 15.9 Å². The maximum atomic E-state index is 13.0. The number of hydrogen-bond acceptors (Lipinski definition) is 2. The van der Waals surface area contributed by atoms with Gasteiger partial charge in [-0.15, -0.1) is 0 Å². The van der Waals surface area contributed by atoms with E-state index in [1.165, 1.54) is 13.2 Å². The molecule has 12 heavy (non-hydrogen) atoms. The van der Waals surface area contributed by atoms with Crippen LogP contribution in [0.3, 0.4) is 0 Å². The van der Waals surface area contributed by atoms with Gasteiger partial charge in [0, 0.05) is 5.56 Å². The molecule has 0 atom stereocenters. The van der Waals surface area contributed by atoms with Crippen LogP contribution in [-0.4, -0.2) is 12.2 Å².